The van der Waals surface area contributed by atoms with E-state index < -0.39 is 0 Å². The number of carbonyl (C=O) groups excluding carboxylic acids is 1. The van der Waals surface area contributed by atoms with Crippen molar-refractivity contribution in [3.8, 4) is 17.0 Å². The number of aryl methyl sites for hydroxylation is 1. The van der Waals surface area contributed by atoms with Crippen molar-refractivity contribution >= 4 is 16.9 Å². The van der Waals surface area contributed by atoms with Crippen LogP contribution in [0.2, 0.25) is 0 Å². The number of methoxy groups -OCH3 is 1. The third-order valence-corrected chi connectivity index (χ3v) is 6.09. The van der Waals surface area contributed by atoms with E-state index in [-0.39, 0.29) is 5.97 Å². The first-order valence-corrected chi connectivity index (χ1v) is 11.2. The summed E-state index contributed by atoms with van der Waals surface area (Å²) in [6, 6.07) is 14.3. The van der Waals surface area contributed by atoms with Crippen LogP contribution in [0.5, 0.6) is 5.75 Å². The highest BCUT2D eigenvalue weighted by atomic mass is 16.5. The van der Waals surface area contributed by atoms with Crippen LogP contribution in [0.4, 0.5) is 0 Å². The van der Waals surface area contributed by atoms with Crippen LogP contribution < -0.4 is 4.74 Å². The van der Waals surface area contributed by atoms with Crippen LogP contribution in [-0.2, 0) is 17.7 Å². The number of unbranched alkanes of at least 4 members (excludes halogenated alkanes) is 5. The first-order chi connectivity index (χ1) is 14.7. The van der Waals surface area contributed by atoms with Crippen molar-refractivity contribution in [2.45, 2.75) is 58.4 Å². The van der Waals surface area contributed by atoms with Crippen molar-refractivity contribution in [3.05, 3.63) is 53.6 Å². The Morgan fingerprint density at radius 1 is 1.07 bits per heavy atom. The van der Waals surface area contributed by atoms with Gasteiger partial charge in [-0.25, -0.2) is 4.79 Å². The summed E-state index contributed by atoms with van der Waals surface area (Å²) in [5.74, 6) is 0.645. The first-order valence-electron chi connectivity index (χ1n) is 11.2. The van der Waals surface area contributed by atoms with E-state index in [9.17, 15) is 4.79 Å². The molecule has 30 heavy (non-hydrogen) atoms. The van der Waals surface area contributed by atoms with Crippen molar-refractivity contribution in [2.24, 2.45) is 0 Å². The maximum Gasteiger partial charge on any atom is 0.337 e. The Morgan fingerprint density at radius 3 is 2.70 bits per heavy atom. The number of ether oxygens (including phenoxy) is 2. The molecule has 0 amide bonds. The maximum atomic E-state index is 12.1. The van der Waals surface area contributed by atoms with Gasteiger partial charge in [0.25, 0.3) is 0 Å². The smallest absolute Gasteiger partial charge is 0.337 e. The minimum atomic E-state index is -0.296. The van der Waals surface area contributed by atoms with Crippen LogP contribution in [-0.4, -0.2) is 24.3 Å². The summed E-state index contributed by atoms with van der Waals surface area (Å²) in [4.78, 5) is 12.1. The lowest BCUT2D eigenvalue weighted by atomic mass is 9.98. The van der Waals surface area contributed by atoms with Gasteiger partial charge in [-0.1, -0.05) is 57.2 Å². The summed E-state index contributed by atoms with van der Waals surface area (Å²) >= 11 is 0. The summed E-state index contributed by atoms with van der Waals surface area (Å²) in [5.41, 5.74) is 5.44. The highest BCUT2D eigenvalue weighted by Gasteiger charge is 2.24. The van der Waals surface area contributed by atoms with Crippen molar-refractivity contribution < 1.29 is 14.3 Å². The van der Waals surface area contributed by atoms with E-state index in [1.165, 1.54) is 62.3 Å². The Morgan fingerprint density at radius 2 is 1.87 bits per heavy atom. The molecule has 0 radical (unpaired) electrons. The Hall–Kier alpha value is -2.75. The molecule has 4 heteroatoms. The number of nitrogens with zero attached hydrogens (tertiary/aromatic N) is 1. The number of fused-ring (bicyclic) bond motifs is 5. The molecule has 0 bridgehead atoms. The average Bonchev–Trinajstić information content (AvgIpc) is 2.95. The topological polar surface area (TPSA) is 40.5 Å². The number of hydrogen-bond acceptors (Lipinski definition) is 3. The van der Waals surface area contributed by atoms with Gasteiger partial charge in [-0.3, -0.25) is 0 Å². The molecule has 0 N–H and O–H groups in total. The van der Waals surface area contributed by atoms with Gasteiger partial charge in [0.05, 0.1) is 24.9 Å². The number of aromatic nitrogens is 1. The molecule has 158 valence electrons. The molecule has 4 nitrogen and oxygen atoms in total. The van der Waals surface area contributed by atoms with Crippen LogP contribution in [0.25, 0.3) is 22.2 Å². The van der Waals surface area contributed by atoms with E-state index in [4.69, 9.17) is 9.47 Å². The zero-order chi connectivity index (χ0) is 20.9. The molecule has 1 aliphatic rings. The van der Waals surface area contributed by atoms with Gasteiger partial charge in [0.2, 0.25) is 0 Å². The van der Waals surface area contributed by atoms with Gasteiger partial charge >= 0.3 is 5.97 Å². The molecule has 1 aromatic heterocycles. The Balaban J connectivity index is 1.77. The van der Waals surface area contributed by atoms with Crippen LogP contribution in [0.3, 0.4) is 0 Å². The highest BCUT2D eigenvalue weighted by molar-refractivity contribution is 5.99. The van der Waals surface area contributed by atoms with Crippen LogP contribution in [0, 0.1) is 0 Å². The zero-order valence-electron chi connectivity index (χ0n) is 18.1. The second-order valence-electron chi connectivity index (χ2n) is 8.06. The second kappa shape index (κ2) is 9.38. The fraction of sp³-hybridized carbons (Fsp3) is 0.423. The van der Waals surface area contributed by atoms with Crippen molar-refractivity contribution in [1.29, 1.82) is 0 Å². The standard InChI is InChI=1S/C26H31NO3/c1-3-4-5-6-7-8-11-21-20-15-14-19(26(28)29-2)18-23(20)27-16-17-30-24-13-10-9-12-22(24)25(21)27/h9-10,12-15,18H,3-8,11,16-17H2,1-2H3. The third kappa shape index (κ3) is 3.96. The summed E-state index contributed by atoms with van der Waals surface area (Å²) in [6.45, 7) is 3.64. The average molecular weight is 406 g/mol. The molecule has 0 spiro atoms. The summed E-state index contributed by atoms with van der Waals surface area (Å²) < 4.78 is 13.3. The normalized spacial score (nSPS) is 12.7. The second-order valence-corrected chi connectivity index (χ2v) is 8.06. The predicted molar refractivity (Wildman–Crippen MR) is 121 cm³/mol. The van der Waals surface area contributed by atoms with Gasteiger partial charge in [-0.2, -0.15) is 0 Å². The molecule has 2 aromatic carbocycles. The molecule has 0 atom stereocenters. The van der Waals surface area contributed by atoms with Crippen molar-refractivity contribution in [2.75, 3.05) is 13.7 Å². The summed E-state index contributed by atoms with van der Waals surface area (Å²) in [6.07, 6.45) is 8.69. The first kappa shape index (κ1) is 20.5. The van der Waals surface area contributed by atoms with Gasteiger partial charge in [-0.15, -0.1) is 0 Å². The van der Waals surface area contributed by atoms with E-state index in [0.29, 0.717) is 12.2 Å². The van der Waals surface area contributed by atoms with Crippen molar-refractivity contribution in [3.63, 3.8) is 0 Å². The molecule has 0 saturated carbocycles. The van der Waals surface area contributed by atoms with Crippen molar-refractivity contribution in [1.82, 2.24) is 4.57 Å². The van der Waals surface area contributed by atoms with E-state index in [1.807, 2.05) is 18.2 Å². The van der Waals surface area contributed by atoms with E-state index >= 15 is 0 Å². The van der Waals surface area contributed by atoms with Crippen LogP contribution >= 0.6 is 0 Å². The maximum absolute atomic E-state index is 12.1. The largest absolute Gasteiger partial charge is 0.491 e. The number of hydrogen-bond donors (Lipinski definition) is 0. The molecule has 2 heterocycles. The molecule has 4 rings (SSSR count). The van der Waals surface area contributed by atoms with Gasteiger partial charge in [0.1, 0.15) is 12.4 Å². The fourth-order valence-electron chi connectivity index (χ4n) is 4.58. The molecule has 0 saturated heterocycles. The van der Waals surface area contributed by atoms with Gasteiger partial charge in [-0.05, 0) is 42.7 Å². The molecular weight excluding hydrogens is 374 g/mol. The predicted octanol–water partition coefficient (Wildman–Crippen LogP) is 6.39. The summed E-state index contributed by atoms with van der Waals surface area (Å²) in [7, 11) is 1.43. The lowest BCUT2D eigenvalue weighted by Gasteiger charge is -2.10. The van der Waals surface area contributed by atoms with E-state index in [1.54, 1.807) is 0 Å². The minimum absolute atomic E-state index is 0.296. The van der Waals surface area contributed by atoms with Gasteiger partial charge in [0, 0.05) is 16.5 Å². The SMILES string of the molecule is CCCCCCCCc1c2n(c3cc(C(=O)OC)ccc13)CCOc1ccccc1-2. The molecule has 0 fully saturated rings. The number of esters is 1. The van der Waals surface area contributed by atoms with Crippen LogP contribution in [0.15, 0.2) is 42.5 Å². The minimum Gasteiger partial charge on any atom is -0.491 e. The Labute approximate surface area is 178 Å². The molecular formula is C26H31NO3. The fourth-order valence-corrected chi connectivity index (χ4v) is 4.58. The Bertz CT molecular complexity index is 1030. The van der Waals surface area contributed by atoms with Gasteiger partial charge < -0.3 is 14.0 Å². The number of para-hydroxylation sites is 1. The molecule has 1 aliphatic heterocycles. The highest BCUT2D eigenvalue weighted by Crippen LogP contribution is 2.41. The molecule has 0 aliphatic carbocycles. The summed E-state index contributed by atoms with van der Waals surface area (Å²) in [5, 5.41) is 1.24. The third-order valence-electron chi connectivity index (χ3n) is 6.09. The number of rotatable bonds is 8. The molecule has 0 unspecified atom stereocenters. The van der Waals surface area contributed by atoms with E-state index in [0.717, 1.165) is 29.8 Å². The van der Waals surface area contributed by atoms with Gasteiger partial charge in [0.15, 0.2) is 0 Å². The monoisotopic (exact) mass is 405 g/mol. The molecule has 3 aromatic rings. The number of carbonyl (C=O) groups is 1. The van der Waals surface area contributed by atoms with E-state index in [2.05, 4.69) is 35.8 Å². The quantitative estimate of drug-likeness (QED) is 0.322. The lowest BCUT2D eigenvalue weighted by molar-refractivity contribution is 0.0601. The lowest BCUT2D eigenvalue weighted by Crippen LogP contribution is -2.06. The van der Waals surface area contributed by atoms with Crippen LogP contribution in [0.1, 0.15) is 61.4 Å². The number of benzene rings is 2. The Kier molecular flexibility index (Phi) is 6.41. The zero-order valence-corrected chi connectivity index (χ0v) is 18.1.